The van der Waals surface area contributed by atoms with Gasteiger partial charge < -0.3 is 0 Å². The third kappa shape index (κ3) is 4.13. The Labute approximate surface area is 306 Å². The van der Waals surface area contributed by atoms with Crippen LogP contribution in [-0.4, -0.2) is 4.98 Å². The van der Waals surface area contributed by atoms with Gasteiger partial charge in [0.25, 0.3) is 0 Å². The molecule has 8 aromatic carbocycles. The van der Waals surface area contributed by atoms with Crippen LogP contribution in [-0.2, 0) is 5.41 Å². The molecule has 0 atom stereocenters. The molecule has 2 heterocycles. The first kappa shape index (κ1) is 29.6. The van der Waals surface area contributed by atoms with Crippen molar-refractivity contribution >= 4 is 63.8 Å². The maximum absolute atomic E-state index is 4.50. The van der Waals surface area contributed by atoms with E-state index in [-0.39, 0.29) is 5.41 Å². The van der Waals surface area contributed by atoms with Gasteiger partial charge in [0.05, 0.1) is 0 Å². The maximum Gasteiger partial charge on any atom is 0.0402 e. The fraction of sp³-hybridized carbons (Fsp3) is 0.0600. The Morgan fingerprint density at radius 2 is 1.12 bits per heavy atom. The van der Waals surface area contributed by atoms with Crippen molar-refractivity contribution in [3.05, 3.63) is 175 Å². The van der Waals surface area contributed by atoms with Gasteiger partial charge in [-0.25, -0.2) is 0 Å². The highest BCUT2D eigenvalue weighted by Crippen LogP contribution is 2.54. The smallest absolute Gasteiger partial charge is 0.0402 e. The van der Waals surface area contributed by atoms with Gasteiger partial charge in [0.2, 0.25) is 0 Å². The molecule has 0 saturated heterocycles. The van der Waals surface area contributed by atoms with E-state index in [2.05, 4.69) is 177 Å². The average Bonchev–Trinajstić information content (AvgIpc) is 3.68. The van der Waals surface area contributed by atoms with Gasteiger partial charge in [0.1, 0.15) is 0 Å². The molecule has 0 fully saturated rings. The third-order valence-electron chi connectivity index (χ3n) is 11.5. The zero-order valence-electron chi connectivity index (χ0n) is 28.9. The van der Waals surface area contributed by atoms with Crippen LogP contribution in [0.25, 0.3) is 97.0 Å². The molecule has 0 N–H and O–H groups in total. The van der Waals surface area contributed by atoms with E-state index in [0.29, 0.717) is 0 Å². The second-order valence-electron chi connectivity index (χ2n) is 14.7. The van der Waals surface area contributed by atoms with Crippen molar-refractivity contribution in [2.75, 3.05) is 0 Å². The highest BCUT2D eigenvalue weighted by molar-refractivity contribution is 7.26. The molecule has 1 nitrogen and oxygen atoms in total. The lowest BCUT2D eigenvalue weighted by Gasteiger charge is -2.21. The van der Waals surface area contributed by atoms with Crippen molar-refractivity contribution in [1.29, 1.82) is 0 Å². The van der Waals surface area contributed by atoms with Crippen LogP contribution < -0.4 is 0 Å². The van der Waals surface area contributed by atoms with Crippen LogP contribution >= 0.6 is 11.3 Å². The van der Waals surface area contributed by atoms with Gasteiger partial charge in [-0.15, -0.1) is 11.3 Å². The minimum absolute atomic E-state index is 0.0893. The Hall–Kier alpha value is -6.09. The largest absolute Gasteiger partial charge is 0.264 e. The van der Waals surface area contributed by atoms with Gasteiger partial charge in [0, 0.05) is 38.0 Å². The van der Waals surface area contributed by atoms with Crippen LogP contribution in [0.3, 0.4) is 0 Å². The van der Waals surface area contributed by atoms with Crippen LogP contribution in [0.5, 0.6) is 0 Å². The number of hydrogen-bond donors (Lipinski definition) is 0. The topological polar surface area (TPSA) is 12.9 Å². The summed E-state index contributed by atoms with van der Waals surface area (Å²) >= 11 is 1.94. The van der Waals surface area contributed by atoms with Crippen LogP contribution in [0, 0.1) is 0 Å². The van der Waals surface area contributed by atoms with Crippen LogP contribution in [0.4, 0.5) is 0 Å². The summed E-state index contributed by atoms with van der Waals surface area (Å²) in [6.45, 7) is 4.70. The lowest BCUT2D eigenvalue weighted by Crippen LogP contribution is -2.15. The van der Waals surface area contributed by atoms with E-state index in [1.54, 1.807) is 0 Å². The number of benzene rings is 8. The first-order valence-electron chi connectivity index (χ1n) is 18.0. The van der Waals surface area contributed by atoms with Gasteiger partial charge in [-0.05, 0) is 106 Å². The average molecular weight is 680 g/mol. The molecule has 1 aliphatic rings. The molecule has 0 unspecified atom stereocenters. The van der Waals surface area contributed by atoms with Crippen molar-refractivity contribution in [2.45, 2.75) is 19.3 Å². The van der Waals surface area contributed by atoms with Crippen LogP contribution in [0.15, 0.2) is 164 Å². The van der Waals surface area contributed by atoms with Gasteiger partial charge in [-0.3, -0.25) is 4.98 Å². The molecule has 0 aliphatic heterocycles. The normalized spacial score (nSPS) is 13.3. The number of thiophene rings is 1. The minimum atomic E-state index is -0.0893. The van der Waals surface area contributed by atoms with E-state index in [0.717, 1.165) is 0 Å². The van der Waals surface area contributed by atoms with E-state index >= 15 is 0 Å². The van der Waals surface area contributed by atoms with Crippen molar-refractivity contribution in [3.63, 3.8) is 0 Å². The second kappa shape index (κ2) is 11.0. The molecule has 2 aromatic heterocycles. The van der Waals surface area contributed by atoms with Gasteiger partial charge in [0.15, 0.2) is 0 Å². The number of fused-ring (bicyclic) bond motifs is 10. The summed E-state index contributed by atoms with van der Waals surface area (Å²) in [6, 6.07) is 56.4. The molecule has 1 aliphatic carbocycles. The standard InChI is InChI=1S/C50H33NS/c1-50(2)44-29-51-26-25-36(44)42-23-24-43-37-22-19-32(28-45(37)52-49(43)48(42)50)34-18-10-13-31-27-33(20-21-35(31)34)47-40-16-8-6-14-38(40)46(30-11-4-3-5-12-30)39-15-7-9-17-41(39)47/h3-29H,1-2H3. The molecule has 0 saturated carbocycles. The van der Waals surface area contributed by atoms with E-state index in [4.69, 9.17) is 0 Å². The summed E-state index contributed by atoms with van der Waals surface area (Å²) in [5, 5.41) is 10.3. The molecule has 0 bridgehead atoms. The summed E-state index contributed by atoms with van der Waals surface area (Å²) in [7, 11) is 0. The minimum Gasteiger partial charge on any atom is -0.264 e. The number of aromatic nitrogens is 1. The predicted molar refractivity (Wildman–Crippen MR) is 224 cm³/mol. The van der Waals surface area contributed by atoms with Crippen LogP contribution in [0.2, 0.25) is 0 Å². The van der Waals surface area contributed by atoms with Gasteiger partial charge in [-0.1, -0.05) is 147 Å². The Morgan fingerprint density at radius 3 is 1.87 bits per heavy atom. The van der Waals surface area contributed by atoms with Crippen molar-refractivity contribution in [2.24, 2.45) is 0 Å². The van der Waals surface area contributed by atoms with E-state index in [9.17, 15) is 0 Å². The Kier molecular flexibility index (Phi) is 6.24. The van der Waals surface area contributed by atoms with E-state index in [1.165, 1.54) is 108 Å². The summed E-state index contributed by atoms with van der Waals surface area (Å²) in [5.74, 6) is 0. The summed E-state index contributed by atoms with van der Waals surface area (Å²) in [5.41, 5.74) is 12.9. The number of pyridine rings is 1. The van der Waals surface area contributed by atoms with Crippen molar-refractivity contribution in [1.82, 2.24) is 4.98 Å². The molecule has 0 amide bonds. The quantitative estimate of drug-likeness (QED) is 0.169. The summed E-state index contributed by atoms with van der Waals surface area (Å²) in [4.78, 5) is 4.50. The Bertz CT molecular complexity index is 3040. The van der Waals surface area contributed by atoms with E-state index in [1.807, 2.05) is 17.5 Å². The first-order valence-corrected chi connectivity index (χ1v) is 18.8. The van der Waals surface area contributed by atoms with E-state index < -0.39 is 0 Å². The zero-order chi connectivity index (χ0) is 34.6. The number of rotatable bonds is 3. The molecular weight excluding hydrogens is 647 g/mol. The second-order valence-corrected chi connectivity index (χ2v) is 15.7. The summed E-state index contributed by atoms with van der Waals surface area (Å²) < 4.78 is 2.72. The molecule has 0 radical (unpaired) electrons. The first-order chi connectivity index (χ1) is 25.6. The van der Waals surface area contributed by atoms with Gasteiger partial charge >= 0.3 is 0 Å². The fourth-order valence-corrected chi connectivity index (χ4v) is 10.6. The van der Waals surface area contributed by atoms with Crippen LogP contribution in [0.1, 0.15) is 25.0 Å². The number of hydrogen-bond acceptors (Lipinski definition) is 2. The molecule has 0 spiro atoms. The fourth-order valence-electron chi connectivity index (χ4n) is 9.16. The summed E-state index contributed by atoms with van der Waals surface area (Å²) in [6.07, 6.45) is 3.98. The third-order valence-corrected chi connectivity index (χ3v) is 12.7. The predicted octanol–water partition coefficient (Wildman–Crippen LogP) is 14.2. The molecule has 10 aromatic rings. The lowest BCUT2D eigenvalue weighted by atomic mass is 9.82. The Morgan fingerprint density at radius 1 is 0.462 bits per heavy atom. The highest BCUT2D eigenvalue weighted by Gasteiger charge is 2.37. The zero-order valence-corrected chi connectivity index (χ0v) is 29.8. The molecule has 2 heteroatoms. The number of nitrogens with zero attached hydrogens (tertiary/aromatic N) is 1. The van der Waals surface area contributed by atoms with Crippen molar-refractivity contribution in [3.8, 4) is 44.5 Å². The molecule has 52 heavy (non-hydrogen) atoms. The maximum atomic E-state index is 4.50. The molecule has 244 valence electrons. The Balaban J connectivity index is 1.07. The van der Waals surface area contributed by atoms with Crippen molar-refractivity contribution < 1.29 is 0 Å². The molecular formula is C50H33NS. The highest BCUT2D eigenvalue weighted by atomic mass is 32.1. The monoisotopic (exact) mass is 679 g/mol. The molecule has 11 rings (SSSR count). The van der Waals surface area contributed by atoms with Gasteiger partial charge in [-0.2, -0.15) is 0 Å². The SMILES string of the molecule is CC1(C)c2cnccc2-c2ccc3c(sc4cc(-c5cccc6cc(-c7c8ccccc8c(-c8ccccc8)c8ccccc78)ccc56)ccc43)c21. The lowest BCUT2D eigenvalue weighted by molar-refractivity contribution is 0.664.